The maximum atomic E-state index is 12.0. The van der Waals surface area contributed by atoms with Crippen LogP contribution in [0.15, 0.2) is 0 Å². The van der Waals surface area contributed by atoms with Gasteiger partial charge in [0.05, 0.1) is 12.5 Å². The van der Waals surface area contributed by atoms with Crippen LogP contribution in [0.1, 0.15) is 39.5 Å². The maximum absolute atomic E-state index is 12.0. The third-order valence-corrected chi connectivity index (χ3v) is 2.93. The summed E-state index contributed by atoms with van der Waals surface area (Å²) in [5.74, 6) is -0.708. The summed E-state index contributed by atoms with van der Waals surface area (Å²) in [5.41, 5.74) is 5.62. The molecule has 1 atom stereocenters. The molecule has 0 aromatic rings. The van der Waals surface area contributed by atoms with E-state index in [2.05, 4.69) is 13.8 Å². The Morgan fingerprint density at radius 3 is 2.41 bits per heavy atom. The number of amides is 1. The van der Waals surface area contributed by atoms with E-state index in [0.29, 0.717) is 18.5 Å². The fourth-order valence-corrected chi connectivity index (χ4v) is 1.74. The van der Waals surface area contributed by atoms with Crippen LogP contribution in [-0.4, -0.2) is 40.5 Å². The molecule has 1 unspecified atom stereocenters. The van der Waals surface area contributed by atoms with Crippen LogP contribution in [0.25, 0.3) is 0 Å². The molecule has 0 bridgehead atoms. The van der Waals surface area contributed by atoms with Crippen LogP contribution in [-0.2, 0) is 9.59 Å². The molecule has 0 spiro atoms. The highest BCUT2D eigenvalue weighted by atomic mass is 16.4. The molecule has 0 aliphatic heterocycles. The van der Waals surface area contributed by atoms with E-state index in [0.717, 1.165) is 19.3 Å². The summed E-state index contributed by atoms with van der Waals surface area (Å²) in [4.78, 5) is 24.3. The van der Waals surface area contributed by atoms with Gasteiger partial charge in [-0.3, -0.25) is 9.59 Å². The normalized spacial score (nSPS) is 16.9. The maximum Gasteiger partial charge on any atom is 0.305 e. The number of rotatable bonds is 7. The lowest BCUT2D eigenvalue weighted by atomic mass is 10.1. The quantitative estimate of drug-likeness (QED) is 0.692. The fraction of sp³-hybridized carbons (Fsp3) is 0.833. The first kappa shape index (κ1) is 14.0. The molecule has 3 N–H and O–H groups in total. The standard InChI is InChI=1S/C12H22N2O3/c1-8(2)5-6-14(9-3-4-9)12(17)10(13)7-11(15)16/h8-10H,3-7,13H2,1-2H3,(H,15,16). The van der Waals surface area contributed by atoms with Crippen LogP contribution in [0.4, 0.5) is 0 Å². The van der Waals surface area contributed by atoms with E-state index in [1.165, 1.54) is 0 Å². The van der Waals surface area contributed by atoms with Gasteiger partial charge in [0, 0.05) is 12.6 Å². The van der Waals surface area contributed by atoms with Gasteiger partial charge < -0.3 is 15.7 Å². The number of nitrogens with two attached hydrogens (primary N) is 1. The monoisotopic (exact) mass is 242 g/mol. The molecule has 5 nitrogen and oxygen atoms in total. The molecule has 0 aromatic heterocycles. The van der Waals surface area contributed by atoms with Crippen molar-refractivity contribution in [1.82, 2.24) is 4.90 Å². The van der Waals surface area contributed by atoms with Crippen molar-refractivity contribution in [2.75, 3.05) is 6.54 Å². The van der Waals surface area contributed by atoms with Gasteiger partial charge in [-0.15, -0.1) is 0 Å². The minimum Gasteiger partial charge on any atom is -0.481 e. The molecule has 0 saturated heterocycles. The lowest BCUT2D eigenvalue weighted by Gasteiger charge is -2.25. The molecule has 5 heteroatoms. The topological polar surface area (TPSA) is 83.6 Å². The molecule has 0 radical (unpaired) electrons. The van der Waals surface area contributed by atoms with Gasteiger partial charge in [0.25, 0.3) is 0 Å². The number of carboxylic acid groups (broad SMARTS) is 1. The fourth-order valence-electron chi connectivity index (χ4n) is 1.74. The zero-order chi connectivity index (χ0) is 13.0. The van der Waals surface area contributed by atoms with Crippen LogP contribution < -0.4 is 5.73 Å². The van der Waals surface area contributed by atoms with Crippen molar-refractivity contribution in [2.45, 2.75) is 51.6 Å². The average Bonchev–Trinajstić information content (AvgIpc) is 3.00. The number of hydrogen-bond acceptors (Lipinski definition) is 3. The average molecular weight is 242 g/mol. The molecule has 0 heterocycles. The van der Waals surface area contributed by atoms with Gasteiger partial charge in [-0.25, -0.2) is 0 Å². The second kappa shape index (κ2) is 6.00. The zero-order valence-corrected chi connectivity index (χ0v) is 10.6. The van der Waals surface area contributed by atoms with E-state index >= 15 is 0 Å². The highest BCUT2D eigenvalue weighted by Crippen LogP contribution is 2.28. The molecule has 1 amide bonds. The number of carboxylic acids is 1. The molecule has 1 aliphatic rings. The van der Waals surface area contributed by atoms with Gasteiger partial charge in [0.2, 0.25) is 5.91 Å². The van der Waals surface area contributed by atoms with Crippen LogP contribution in [0.5, 0.6) is 0 Å². The second-order valence-electron chi connectivity index (χ2n) is 5.15. The first-order valence-electron chi connectivity index (χ1n) is 6.19. The van der Waals surface area contributed by atoms with Crippen molar-refractivity contribution >= 4 is 11.9 Å². The number of hydrogen-bond donors (Lipinski definition) is 2. The minimum absolute atomic E-state index is 0.212. The van der Waals surface area contributed by atoms with Gasteiger partial charge in [-0.2, -0.15) is 0 Å². The van der Waals surface area contributed by atoms with Crippen molar-refractivity contribution in [3.63, 3.8) is 0 Å². The van der Waals surface area contributed by atoms with E-state index in [-0.39, 0.29) is 12.3 Å². The van der Waals surface area contributed by atoms with Gasteiger partial charge in [0.1, 0.15) is 0 Å². The Hall–Kier alpha value is -1.10. The van der Waals surface area contributed by atoms with E-state index in [1.807, 2.05) is 0 Å². The largest absolute Gasteiger partial charge is 0.481 e. The lowest BCUT2D eigenvalue weighted by molar-refractivity contribution is -0.142. The molecule has 98 valence electrons. The van der Waals surface area contributed by atoms with Gasteiger partial charge in [-0.05, 0) is 25.2 Å². The lowest BCUT2D eigenvalue weighted by Crippen LogP contribution is -2.46. The molecule has 1 fully saturated rings. The molecule has 0 aromatic carbocycles. The Balaban J connectivity index is 2.51. The number of nitrogens with zero attached hydrogens (tertiary/aromatic N) is 1. The molecule has 1 saturated carbocycles. The molecule has 1 aliphatic carbocycles. The summed E-state index contributed by atoms with van der Waals surface area (Å²) in [7, 11) is 0. The van der Waals surface area contributed by atoms with Crippen molar-refractivity contribution < 1.29 is 14.7 Å². The Kier molecular flexibility index (Phi) is 4.93. The first-order chi connectivity index (χ1) is 7.91. The highest BCUT2D eigenvalue weighted by Gasteiger charge is 2.34. The molecular weight excluding hydrogens is 220 g/mol. The van der Waals surface area contributed by atoms with Crippen LogP contribution in [0, 0.1) is 5.92 Å². The Labute approximate surface area is 102 Å². The first-order valence-corrected chi connectivity index (χ1v) is 6.19. The van der Waals surface area contributed by atoms with Crippen LogP contribution in [0.3, 0.4) is 0 Å². The molecular formula is C12H22N2O3. The van der Waals surface area contributed by atoms with Crippen molar-refractivity contribution in [3.8, 4) is 0 Å². The summed E-state index contributed by atoms with van der Waals surface area (Å²) in [6.45, 7) is 4.90. The van der Waals surface area contributed by atoms with Gasteiger partial charge in [-0.1, -0.05) is 13.8 Å². The molecule has 17 heavy (non-hydrogen) atoms. The van der Waals surface area contributed by atoms with Crippen molar-refractivity contribution in [1.29, 1.82) is 0 Å². The predicted octanol–water partition coefficient (Wildman–Crippen LogP) is 0.826. The van der Waals surface area contributed by atoms with Crippen molar-refractivity contribution in [3.05, 3.63) is 0 Å². The predicted molar refractivity (Wildman–Crippen MR) is 64.4 cm³/mol. The second-order valence-corrected chi connectivity index (χ2v) is 5.15. The third-order valence-electron chi connectivity index (χ3n) is 2.93. The SMILES string of the molecule is CC(C)CCN(C(=O)C(N)CC(=O)O)C1CC1. The number of aliphatic carboxylic acids is 1. The zero-order valence-electron chi connectivity index (χ0n) is 10.6. The Morgan fingerprint density at radius 1 is 1.41 bits per heavy atom. The van der Waals surface area contributed by atoms with E-state index in [4.69, 9.17) is 10.8 Å². The summed E-state index contributed by atoms with van der Waals surface area (Å²) in [6.07, 6.45) is 2.68. The van der Waals surface area contributed by atoms with Crippen molar-refractivity contribution in [2.24, 2.45) is 11.7 Å². The summed E-state index contributed by atoms with van der Waals surface area (Å²) in [6, 6.07) is -0.610. The Morgan fingerprint density at radius 2 is 2.00 bits per heavy atom. The minimum atomic E-state index is -1.02. The molecule has 1 rings (SSSR count). The van der Waals surface area contributed by atoms with Crippen LogP contribution >= 0.6 is 0 Å². The van der Waals surface area contributed by atoms with E-state index in [9.17, 15) is 9.59 Å². The third kappa shape index (κ3) is 4.73. The van der Waals surface area contributed by atoms with Gasteiger partial charge in [0.15, 0.2) is 0 Å². The van der Waals surface area contributed by atoms with Gasteiger partial charge >= 0.3 is 5.97 Å². The smallest absolute Gasteiger partial charge is 0.305 e. The Bertz CT molecular complexity index is 287. The van der Waals surface area contributed by atoms with E-state index < -0.39 is 12.0 Å². The van der Waals surface area contributed by atoms with E-state index in [1.54, 1.807) is 4.90 Å². The summed E-state index contributed by atoms with van der Waals surface area (Å²) in [5, 5.41) is 8.64. The van der Waals surface area contributed by atoms with Crippen LogP contribution in [0.2, 0.25) is 0 Å². The highest BCUT2D eigenvalue weighted by molar-refractivity contribution is 5.86. The summed E-state index contributed by atoms with van der Waals surface area (Å²) < 4.78 is 0. The number of carbonyl (C=O) groups excluding carboxylic acids is 1. The number of carbonyl (C=O) groups is 2. The summed E-state index contributed by atoms with van der Waals surface area (Å²) >= 11 is 0.